The standard InChI is InChI=1S/C6H14N2/c1-4-7-6-8(3)5-2/h6H,4-5H2,1-3H3/b7-6+. The van der Waals surface area contributed by atoms with Gasteiger partial charge in [-0.05, 0) is 13.8 Å². The Balaban J connectivity index is 3.21. The van der Waals surface area contributed by atoms with Crippen LogP contribution in [0.5, 0.6) is 0 Å². The van der Waals surface area contributed by atoms with E-state index < -0.39 is 0 Å². The summed E-state index contributed by atoms with van der Waals surface area (Å²) < 4.78 is 0. The molecule has 0 saturated heterocycles. The van der Waals surface area contributed by atoms with Crippen LogP contribution >= 0.6 is 0 Å². The Morgan fingerprint density at radius 1 is 1.50 bits per heavy atom. The molecule has 0 aromatic heterocycles. The highest BCUT2D eigenvalue weighted by Gasteiger charge is 1.79. The summed E-state index contributed by atoms with van der Waals surface area (Å²) in [6.45, 7) is 6.04. The van der Waals surface area contributed by atoms with Gasteiger partial charge >= 0.3 is 0 Å². The third-order valence-electron chi connectivity index (χ3n) is 0.960. The molecule has 0 spiro atoms. The van der Waals surface area contributed by atoms with Crippen LogP contribution in [0.3, 0.4) is 0 Å². The fourth-order valence-corrected chi connectivity index (χ4v) is 0.303. The Morgan fingerprint density at radius 2 is 2.12 bits per heavy atom. The fraction of sp³-hybridized carbons (Fsp3) is 0.833. The smallest absolute Gasteiger partial charge is 0.0846 e. The molecule has 0 aromatic rings. The monoisotopic (exact) mass is 114 g/mol. The Hall–Kier alpha value is -0.530. The van der Waals surface area contributed by atoms with E-state index in [1.165, 1.54) is 0 Å². The van der Waals surface area contributed by atoms with E-state index in [4.69, 9.17) is 0 Å². The van der Waals surface area contributed by atoms with E-state index in [2.05, 4.69) is 11.9 Å². The zero-order chi connectivity index (χ0) is 6.41. The summed E-state index contributed by atoms with van der Waals surface area (Å²) in [6, 6.07) is 0. The van der Waals surface area contributed by atoms with Crippen LogP contribution in [-0.2, 0) is 0 Å². The molecular formula is C6H14N2. The molecule has 0 rings (SSSR count). The molecule has 0 N–H and O–H groups in total. The quantitative estimate of drug-likeness (QED) is 0.394. The van der Waals surface area contributed by atoms with Crippen LogP contribution in [-0.4, -0.2) is 31.4 Å². The summed E-state index contributed by atoms with van der Waals surface area (Å²) in [7, 11) is 2.01. The fourth-order valence-electron chi connectivity index (χ4n) is 0.303. The highest BCUT2D eigenvalue weighted by atomic mass is 15.1. The lowest BCUT2D eigenvalue weighted by Gasteiger charge is -2.06. The molecule has 0 aliphatic heterocycles. The van der Waals surface area contributed by atoms with Crippen molar-refractivity contribution in [2.24, 2.45) is 4.99 Å². The minimum Gasteiger partial charge on any atom is -0.366 e. The van der Waals surface area contributed by atoms with Gasteiger partial charge in [0.15, 0.2) is 0 Å². The second-order valence-corrected chi connectivity index (χ2v) is 1.69. The lowest BCUT2D eigenvalue weighted by molar-refractivity contribution is 0.550. The first kappa shape index (κ1) is 7.47. The van der Waals surface area contributed by atoms with Gasteiger partial charge in [0.25, 0.3) is 0 Å². The van der Waals surface area contributed by atoms with Crippen molar-refractivity contribution < 1.29 is 0 Å². The molecule has 8 heavy (non-hydrogen) atoms. The van der Waals surface area contributed by atoms with Crippen LogP contribution < -0.4 is 0 Å². The molecule has 0 aliphatic rings. The van der Waals surface area contributed by atoms with Gasteiger partial charge in [0.05, 0.1) is 6.34 Å². The summed E-state index contributed by atoms with van der Waals surface area (Å²) in [4.78, 5) is 6.09. The molecule has 0 unspecified atom stereocenters. The van der Waals surface area contributed by atoms with Crippen LogP contribution in [0.25, 0.3) is 0 Å². The van der Waals surface area contributed by atoms with Gasteiger partial charge in [-0.1, -0.05) is 0 Å². The van der Waals surface area contributed by atoms with Gasteiger partial charge in [0, 0.05) is 20.1 Å². The van der Waals surface area contributed by atoms with E-state index in [0.717, 1.165) is 13.1 Å². The first-order valence-corrected chi connectivity index (χ1v) is 3.01. The molecule has 0 bridgehead atoms. The topological polar surface area (TPSA) is 15.6 Å². The molecule has 0 amide bonds. The average molecular weight is 114 g/mol. The number of rotatable bonds is 3. The zero-order valence-electron chi connectivity index (χ0n) is 5.89. The normalized spacial score (nSPS) is 10.4. The van der Waals surface area contributed by atoms with Crippen molar-refractivity contribution >= 4 is 6.34 Å². The Labute approximate surface area is 51.2 Å². The van der Waals surface area contributed by atoms with Gasteiger partial charge in [-0.25, -0.2) is 0 Å². The third kappa shape index (κ3) is 3.65. The summed E-state index contributed by atoms with van der Waals surface area (Å²) in [6.07, 6.45) is 1.86. The summed E-state index contributed by atoms with van der Waals surface area (Å²) in [5.41, 5.74) is 0. The Kier molecular flexibility index (Phi) is 4.32. The van der Waals surface area contributed by atoms with E-state index in [0.29, 0.717) is 0 Å². The van der Waals surface area contributed by atoms with Gasteiger partial charge < -0.3 is 4.90 Å². The van der Waals surface area contributed by atoms with Gasteiger partial charge in [-0.15, -0.1) is 0 Å². The predicted octanol–water partition coefficient (Wildman–Crippen LogP) is 0.986. The molecule has 0 fully saturated rings. The lowest BCUT2D eigenvalue weighted by Crippen LogP contribution is -2.14. The van der Waals surface area contributed by atoms with Crippen LogP contribution in [0, 0.1) is 0 Å². The summed E-state index contributed by atoms with van der Waals surface area (Å²) in [5, 5.41) is 0. The number of hydrogen-bond acceptors (Lipinski definition) is 1. The second kappa shape index (κ2) is 4.62. The number of aliphatic imine (C=N–C) groups is 1. The van der Waals surface area contributed by atoms with Crippen molar-refractivity contribution in [2.45, 2.75) is 13.8 Å². The molecule has 48 valence electrons. The summed E-state index contributed by atoms with van der Waals surface area (Å²) in [5.74, 6) is 0. The van der Waals surface area contributed by atoms with Crippen LogP contribution in [0.4, 0.5) is 0 Å². The average Bonchev–Trinajstić information content (AvgIpc) is 1.83. The molecule has 0 aliphatic carbocycles. The minimum atomic E-state index is 0.879. The van der Waals surface area contributed by atoms with Gasteiger partial charge in [0.1, 0.15) is 0 Å². The van der Waals surface area contributed by atoms with Crippen molar-refractivity contribution in [1.82, 2.24) is 4.90 Å². The maximum atomic E-state index is 4.04. The van der Waals surface area contributed by atoms with Crippen LogP contribution in [0.15, 0.2) is 4.99 Å². The highest BCUT2D eigenvalue weighted by molar-refractivity contribution is 5.54. The van der Waals surface area contributed by atoms with E-state index in [9.17, 15) is 0 Å². The SMILES string of the molecule is CC/N=C/N(C)CC. The van der Waals surface area contributed by atoms with Crippen LogP contribution in [0.2, 0.25) is 0 Å². The minimum absolute atomic E-state index is 0.879. The predicted molar refractivity (Wildman–Crippen MR) is 37.3 cm³/mol. The van der Waals surface area contributed by atoms with Gasteiger partial charge in [-0.3, -0.25) is 4.99 Å². The Morgan fingerprint density at radius 3 is 2.50 bits per heavy atom. The first-order chi connectivity index (χ1) is 3.81. The van der Waals surface area contributed by atoms with E-state index >= 15 is 0 Å². The van der Waals surface area contributed by atoms with Crippen molar-refractivity contribution in [3.8, 4) is 0 Å². The molecule has 0 radical (unpaired) electrons. The van der Waals surface area contributed by atoms with E-state index in [1.807, 2.05) is 25.2 Å². The van der Waals surface area contributed by atoms with E-state index in [1.54, 1.807) is 0 Å². The maximum absolute atomic E-state index is 4.04. The largest absolute Gasteiger partial charge is 0.366 e. The Bertz CT molecular complexity index is 68.9. The second-order valence-electron chi connectivity index (χ2n) is 1.69. The molecule has 2 heteroatoms. The molecule has 0 saturated carbocycles. The van der Waals surface area contributed by atoms with E-state index in [-0.39, 0.29) is 0 Å². The first-order valence-electron chi connectivity index (χ1n) is 3.01. The highest BCUT2D eigenvalue weighted by Crippen LogP contribution is 1.73. The summed E-state index contributed by atoms with van der Waals surface area (Å²) >= 11 is 0. The van der Waals surface area contributed by atoms with Gasteiger partial charge in [-0.2, -0.15) is 0 Å². The maximum Gasteiger partial charge on any atom is 0.0846 e. The number of nitrogens with zero attached hydrogens (tertiary/aromatic N) is 2. The van der Waals surface area contributed by atoms with Gasteiger partial charge in [0.2, 0.25) is 0 Å². The molecule has 0 aromatic carbocycles. The molecular weight excluding hydrogens is 100 g/mol. The third-order valence-corrected chi connectivity index (χ3v) is 0.960. The van der Waals surface area contributed by atoms with Crippen molar-refractivity contribution in [1.29, 1.82) is 0 Å². The molecule has 2 nitrogen and oxygen atoms in total. The van der Waals surface area contributed by atoms with Crippen LogP contribution in [0.1, 0.15) is 13.8 Å². The lowest BCUT2D eigenvalue weighted by atomic mass is 10.7. The number of hydrogen-bond donors (Lipinski definition) is 0. The van der Waals surface area contributed by atoms with Crippen molar-refractivity contribution in [3.05, 3.63) is 0 Å². The van der Waals surface area contributed by atoms with Crippen molar-refractivity contribution in [3.63, 3.8) is 0 Å². The molecule has 0 atom stereocenters. The van der Waals surface area contributed by atoms with Crippen molar-refractivity contribution in [2.75, 3.05) is 20.1 Å². The molecule has 0 heterocycles. The zero-order valence-corrected chi connectivity index (χ0v) is 5.89.